The number of alkyl halides is 4. The quantitative estimate of drug-likeness (QED) is 0.278. The molecule has 0 saturated carbocycles. The highest BCUT2D eigenvalue weighted by Gasteiger charge is 2.55. The Labute approximate surface area is 200 Å². The van der Waals surface area contributed by atoms with E-state index in [1.54, 1.807) is 0 Å². The number of rotatable bonds is 6. The Bertz CT molecular complexity index is 1270. The van der Waals surface area contributed by atoms with Crippen molar-refractivity contribution in [3.05, 3.63) is 95.1 Å². The topological polar surface area (TPSA) is 47.7 Å². The molecule has 0 radical (unpaired) electrons. The summed E-state index contributed by atoms with van der Waals surface area (Å²) in [5.41, 5.74) is -3.25. The van der Waals surface area contributed by atoms with Crippen LogP contribution in [0.25, 0.3) is 0 Å². The molecule has 1 aliphatic heterocycles. The predicted molar refractivity (Wildman–Crippen MR) is 112 cm³/mol. The van der Waals surface area contributed by atoms with Gasteiger partial charge in [0, 0.05) is 28.8 Å². The Balaban J connectivity index is 2.03. The fourth-order valence-corrected chi connectivity index (χ4v) is 4.54. The molecule has 1 aliphatic rings. The zero-order valence-electron chi connectivity index (χ0n) is 18.4. The van der Waals surface area contributed by atoms with Crippen LogP contribution in [0.2, 0.25) is 0 Å². The number of fused-ring (bicyclic) bond motifs is 1. The van der Waals surface area contributed by atoms with Crippen LogP contribution in [0.4, 0.5) is 41.2 Å². The first-order valence-electron chi connectivity index (χ1n) is 10.6. The lowest BCUT2D eigenvalue weighted by molar-refractivity contribution is -0.904. The maximum absolute atomic E-state index is 15.5. The van der Waals surface area contributed by atoms with E-state index in [2.05, 4.69) is 0 Å². The Morgan fingerprint density at radius 2 is 1.58 bits per heavy atom. The Hall–Kier alpha value is -3.83. The molecule has 0 fully saturated rings. The number of carbonyl (C=O) groups is 1. The largest absolute Gasteiger partial charge is 0.406 e. The molecule has 2 heterocycles. The summed E-state index contributed by atoms with van der Waals surface area (Å²) < 4.78 is 99.7. The van der Waals surface area contributed by atoms with Crippen molar-refractivity contribution in [2.75, 3.05) is 18.1 Å². The van der Waals surface area contributed by atoms with E-state index in [1.807, 2.05) is 0 Å². The summed E-state index contributed by atoms with van der Waals surface area (Å²) in [6, 6.07) is 7.02. The number of anilines is 1. The second kappa shape index (κ2) is 9.32. The molecular formula is C24H19F7N3O2+. The molecule has 1 atom stereocenters. The number of hydrogen-bond acceptors (Lipinski definition) is 2. The Morgan fingerprint density at radius 3 is 2.17 bits per heavy atom. The molecule has 3 aromatic rings. The van der Waals surface area contributed by atoms with Crippen LogP contribution in [0.1, 0.15) is 23.1 Å². The number of carbonyl (C=O) groups excluding carboxylic acids is 1. The van der Waals surface area contributed by atoms with Gasteiger partial charge in [-0.3, -0.25) is 14.5 Å². The highest BCUT2D eigenvalue weighted by atomic mass is 19.4. The van der Waals surface area contributed by atoms with Crippen molar-refractivity contribution in [3.63, 3.8) is 0 Å². The maximum Gasteiger partial charge on any atom is 0.406 e. The zero-order chi connectivity index (χ0) is 26.3. The SMILES string of the molecule is O=C1N(Cc2cc[n+](O)cc2)c2ccc(F)c(F)c2C(CCF)(c2ccc(F)cc2)N1CC(F)(F)F. The fourth-order valence-electron chi connectivity index (χ4n) is 4.54. The lowest BCUT2D eigenvalue weighted by atomic mass is 9.75. The number of benzene rings is 2. The summed E-state index contributed by atoms with van der Waals surface area (Å²) in [5, 5.41) is 9.43. The van der Waals surface area contributed by atoms with Crippen molar-refractivity contribution in [1.82, 2.24) is 4.90 Å². The number of aromatic nitrogens is 1. The van der Waals surface area contributed by atoms with Crippen LogP contribution in [0, 0.1) is 17.5 Å². The minimum Gasteiger partial charge on any atom is -0.301 e. The van der Waals surface area contributed by atoms with Gasteiger partial charge in [-0.15, -0.1) is 0 Å². The van der Waals surface area contributed by atoms with E-state index in [-0.39, 0.29) is 22.7 Å². The number of pyridine rings is 1. The van der Waals surface area contributed by atoms with Crippen molar-refractivity contribution < 1.29 is 45.5 Å². The highest BCUT2D eigenvalue weighted by molar-refractivity contribution is 5.97. The van der Waals surface area contributed by atoms with E-state index in [4.69, 9.17) is 0 Å². The summed E-state index contributed by atoms with van der Waals surface area (Å²) in [4.78, 5) is 14.7. The smallest absolute Gasteiger partial charge is 0.301 e. The van der Waals surface area contributed by atoms with Gasteiger partial charge in [0.15, 0.2) is 11.6 Å². The third-order valence-corrected chi connectivity index (χ3v) is 6.04. The number of amides is 2. The number of hydrogen-bond donors (Lipinski definition) is 1. The number of halogens is 7. The molecule has 2 amide bonds. The van der Waals surface area contributed by atoms with Crippen molar-refractivity contribution in [3.8, 4) is 0 Å². The molecule has 0 spiro atoms. The van der Waals surface area contributed by atoms with Crippen LogP contribution in [0.15, 0.2) is 60.9 Å². The summed E-state index contributed by atoms with van der Waals surface area (Å²) >= 11 is 0. The van der Waals surface area contributed by atoms with Gasteiger partial charge in [0.2, 0.25) is 12.4 Å². The summed E-state index contributed by atoms with van der Waals surface area (Å²) in [5.74, 6) is -3.75. The molecule has 4 rings (SSSR count). The van der Waals surface area contributed by atoms with Crippen LogP contribution in [-0.2, 0) is 12.1 Å². The van der Waals surface area contributed by atoms with Gasteiger partial charge in [0.1, 0.15) is 17.9 Å². The Kier molecular flexibility index (Phi) is 6.54. The first kappa shape index (κ1) is 25.3. The van der Waals surface area contributed by atoms with Gasteiger partial charge in [-0.25, -0.2) is 18.0 Å². The second-order valence-electron chi connectivity index (χ2n) is 8.22. The lowest BCUT2D eigenvalue weighted by Gasteiger charge is -2.51. The predicted octanol–water partition coefficient (Wildman–Crippen LogP) is 5.24. The van der Waals surface area contributed by atoms with Crippen LogP contribution >= 0.6 is 0 Å². The van der Waals surface area contributed by atoms with Gasteiger partial charge in [-0.1, -0.05) is 12.1 Å². The summed E-state index contributed by atoms with van der Waals surface area (Å²) in [6.07, 6.45) is -3.44. The molecule has 1 N–H and O–H groups in total. The first-order valence-corrected chi connectivity index (χ1v) is 10.6. The molecule has 36 heavy (non-hydrogen) atoms. The van der Waals surface area contributed by atoms with E-state index in [9.17, 15) is 36.3 Å². The van der Waals surface area contributed by atoms with Crippen molar-refractivity contribution >= 4 is 11.7 Å². The van der Waals surface area contributed by atoms with Crippen LogP contribution < -0.4 is 9.63 Å². The second-order valence-corrected chi connectivity index (χ2v) is 8.22. The minimum atomic E-state index is -5.00. The molecule has 2 aromatic carbocycles. The molecule has 1 aromatic heterocycles. The average molecular weight is 514 g/mol. The van der Waals surface area contributed by atoms with Gasteiger partial charge < -0.3 is 4.90 Å². The summed E-state index contributed by atoms with van der Waals surface area (Å²) in [7, 11) is 0. The van der Waals surface area contributed by atoms with Crippen LogP contribution in [-0.4, -0.2) is 35.5 Å². The average Bonchev–Trinajstić information content (AvgIpc) is 2.82. The van der Waals surface area contributed by atoms with E-state index in [0.29, 0.717) is 16.4 Å². The van der Waals surface area contributed by atoms with Crippen molar-refractivity contribution in [1.29, 1.82) is 0 Å². The molecule has 0 saturated heterocycles. The molecule has 1 unspecified atom stereocenters. The van der Waals surface area contributed by atoms with Gasteiger partial charge in [-0.2, -0.15) is 13.2 Å². The Morgan fingerprint density at radius 1 is 0.944 bits per heavy atom. The van der Waals surface area contributed by atoms with E-state index >= 15 is 4.39 Å². The number of urea groups is 1. The fraction of sp³-hybridized carbons (Fsp3) is 0.250. The molecule has 12 heteroatoms. The molecule has 5 nitrogen and oxygen atoms in total. The van der Waals surface area contributed by atoms with Gasteiger partial charge in [0.05, 0.1) is 18.9 Å². The molecule has 0 bridgehead atoms. The minimum absolute atomic E-state index is 0.217. The van der Waals surface area contributed by atoms with Gasteiger partial charge >= 0.3 is 12.2 Å². The van der Waals surface area contributed by atoms with Gasteiger partial charge in [0.25, 0.3) is 0 Å². The standard InChI is InChI=1S/C24H19F7N3O2/c25-10-9-23(16-1-3-17(26)4-2-16)20-19(6-5-18(27)21(20)28)33(13-15-7-11-32(36)12-8-15)22(35)34(23)14-24(29,30)31/h1-8,11-12,36H,9-10,13-14H2/q+1. The summed E-state index contributed by atoms with van der Waals surface area (Å²) in [6.45, 7) is -3.59. The third-order valence-electron chi connectivity index (χ3n) is 6.04. The van der Waals surface area contributed by atoms with E-state index in [1.165, 1.54) is 24.5 Å². The van der Waals surface area contributed by atoms with Crippen LogP contribution in [0.3, 0.4) is 0 Å². The lowest BCUT2D eigenvalue weighted by Crippen LogP contribution is -2.62. The van der Waals surface area contributed by atoms with Gasteiger partial charge in [-0.05, 0) is 35.4 Å². The van der Waals surface area contributed by atoms with Crippen molar-refractivity contribution in [2.45, 2.75) is 24.7 Å². The number of nitrogens with zero attached hydrogens (tertiary/aromatic N) is 3. The van der Waals surface area contributed by atoms with Crippen LogP contribution in [0.5, 0.6) is 0 Å². The monoisotopic (exact) mass is 514 g/mol. The van der Waals surface area contributed by atoms with E-state index < -0.39 is 60.4 Å². The zero-order valence-corrected chi connectivity index (χ0v) is 18.4. The highest BCUT2D eigenvalue weighted by Crippen LogP contribution is 2.50. The molecular weight excluding hydrogens is 495 g/mol. The normalized spacial score (nSPS) is 17.9. The van der Waals surface area contributed by atoms with E-state index in [0.717, 1.165) is 35.2 Å². The molecule has 190 valence electrons. The molecule has 0 aliphatic carbocycles. The maximum atomic E-state index is 15.5. The van der Waals surface area contributed by atoms with Crippen molar-refractivity contribution in [2.24, 2.45) is 0 Å². The first-order chi connectivity index (χ1) is 17.0. The third kappa shape index (κ3) is 4.42.